The average Bonchev–Trinajstić information content (AvgIpc) is 3.05. The van der Waals surface area contributed by atoms with Crippen molar-refractivity contribution >= 4 is 23.5 Å². The highest BCUT2D eigenvalue weighted by Gasteiger charge is 2.23. The number of aromatic nitrogens is 3. The molecule has 0 fully saturated rings. The Labute approximate surface area is 157 Å². The number of nitrogens with zero attached hydrogens (tertiary/aromatic N) is 4. The van der Waals surface area contributed by atoms with Crippen LogP contribution in [0.4, 0.5) is 5.82 Å². The largest absolute Gasteiger partial charge is 0.440 e. The molecule has 0 amide bonds. The van der Waals surface area contributed by atoms with Gasteiger partial charge in [0.25, 0.3) is 0 Å². The lowest BCUT2D eigenvalue weighted by atomic mass is 10.1. The van der Waals surface area contributed by atoms with Crippen LogP contribution >= 0.6 is 11.6 Å². The fraction of sp³-hybridized carbons (Fsp3) is 0.250. The van der Waals surface area contributed by atoms with Crippen molar-refractivity contribution in [2.24, 2.45) is 0 Å². The summed E-state index contributed by atoms with van der Waals surface area (Å²) < 4.78 is 5.74. The number of fused-ring (bicyclic) bond motifs is 1. The number of rotatable bonds is 3. The minimum atomic E-state index is 0.570. The molecule has 4 heterocycles. The number of hydrogen-bond acceptors (Lipinski definition) is 5. The second kappa shape index (κ2) is 6.57. The molecule has 0 unspecified atom stereocenters. The second-order valence-corrected chi connectivity index (χ2v) is 6.91. The first-order valence-electron chi connectivity index (χ1n) is 8.50. The van der Waals surface area contributed by atoms with Crippen LogP contribution in [0.25, 0.3) is 17.3 Å². The fourth-order valence-electron chi connectivity index (χ4n) is 3.28. The van der Waals surface area contributed by atoms with Gasteiger partial charge in [0, 0.05) is 30.9 Å². The molecule has 1 aliphatic heterocycles. The molecular formula is C20H19ClN4O. The fourth-order valence-corrected chi connectivity index (χ4v) is 3.47. The molecule has 0 N–H and O–H groups in total. The van der Waals surface area contributed by atoms with E-state index in [2.05, 4.69) is 32.5 Å². The smallest absolute Gasteiger partial charge is 0.218 e. The van der Waals surface area contributed by atoms with Crippen molar-refractivity contribution in [3.63, 3.8) is 0 Å². The third-order valence-electron chi connectivity index (χ3n) is 4.56. The number of oxazole rings is 1. The highest BCUT2D eigenvalue weighted by atomic mass is 35.5. The predicted molar refractivity (Wildman–Crippen MR) is 103 cm³/mol. The molecule has 0 saturated carbocycles. The zero-order valence-electron chi connectivity index (χ0n) is 14.8. The molecular weight excluding hydrogens is 348 g/mol. The maximum Gasteiger partial charge on any atom is 0.218 e. The Hall–Kier alpha value is -2.66. The normalized spacial score (nSPS) is 13.6. The van der Waals surface area contributed by atoms with Crippen LogP contribution in [0.2, 0.25) is 5.02 Å². The van der Waals surface area contributed by atoms with E-state index >= 15 is 0 Å². The summed E-state index contributed by atoms with van der Waals surface area (Å²) in [6, 6.07) is 4.11. The molecule has 0 aliphatic carbocycles. The number of halogens is 1. The zero-order chi connectivity index (χ0) is 18.3. The van der Waals surface area contributed by atoms with Crippen molar-refractivity contribution in [1.82, 2.24) is 15.0 Å². The van der Waals surface area contributed by atoms with Crippen LogP contribution in [-0.4, -0.2) is 21.5 Å². The summed E-state index contributed by atoms with van der Waals surface area (Å²) in [5, 5.41) is 0.597. The van der Waals surface area contributed by atoms with E-state index in [1.807, 2.05) is 26.1 Å². The van der Waals surface area contributed by atoms with Gasteiger partial charge in [0.1, 0.15) is 11.6 Å². The topological polar surface area (TPSA) is 55.1 Å². The average molecular weight is 367 g/mol. The third kappa shape index (κ3) is 2.99. The van der Waals surface area contributed by atoms with Gasteiger partial charge in [-0.3, -0.25) is 4.98 Å². The van der Waals surface area contributed by atoms with Gasteiger partial charge >= 0.3 is 0 Å². The molecule has 1 aliphatic rings. The predicted octanol–water partition coefficient (Wildman–Crippen LogP) is 4.61. The minimum Gasteiger partial charge on any atom is -0.440 e. The van der Waals surface area contributed by atoms with Gasteiger partial charge in [0.05, 0.1) is 23.0 Å². The van der Waals surface area contributed by atoms with Crippen LogP contribution in [0.5, 0.6) is 0 Å². The Balaban J connectivity index is 1.69. The minimum absolute atomic E-state index is 0.570. The van der Waals surface area contributed by atoms with Crippen molar-refractivity contribution < 1.29 is 4.42 Å². The summed E-state index contributed by atoms with van der Waals surface area (Å²) in [5.41, 5.74) is 5.00. The lowest BCUT2D eigenvalue weighted by Crippen LogP contribution is -2.30. The quantitative estimate of drug-likeness (QED) is 0.677. The summed E-state index contributed by atoms with van der Waals surface area (Å²) in [4.78, 5) is 15.7. The van der Waals surface area contributed by atoms with Gasteiger partial charge in [-0.1, -0.05) is 24.2 Å². The first kappa shape index (κ1) is 16.8. The lowest BCUT2D eigenvalue weighted by Gasteiger charge is -2.26. The highest BCUT2D eigenvalue weighted by Crippen LogP contribution is 2.33. The maximum atomic E-state index is 6.42. The van der Waals surface area contributed by atoms with E-state index in [0.29, 0.717) is 17.5 Å². The Bertz CT molecular complexity index is 995. The number of anilines is 1. The summed E-state index contributed by atoms with van der Waals surface area (Å²) >= 11 is 6.42. The third-order valence-corrected chi connectivity index (χ3v) is 4.86. The zero-order valence-corrected chi connectivity index (χ0v) is 15.5. The van der Waals surface area contributed by atoms with Crippen LogP contribution < -0.4 is 4.90 Å². The molecule has 5 nitrogen and oxygen atoms in total. The van der Waals surface area contributed by atoms with Gasteiger partial charge in [0.15, 0.2) is 0 Å². The van der Waals surface area contributed by atoms with Crippen LogP contribution in [0, 0.1) is 13.8 Å². The molecule has 0 atom stereocenters. The van der Waals surface area contributed by atoms with Crippen LogP contribution in [-0.2, 0) is 13.0 Å². The summed E-state index contributed by atoms with van der Waals surface area (Å²) in [5.74, 6) is 2.29. The van der Waals surface area contributed by atoms with Crippen LogP contribution in [0.1, 0.15) is 28.5 Å². The van der Waals surface area contributed by atoms with Crippen LogP contribution in [0.15, 0.2) is 35.5 Å². The first-order chi connectivity index (χ1) is 12.5. The van der Waals surface area contributed by atoms with Crippen molar-refractivity contribution in [2.75, 3.05) is 11.4 Å². The molecule has 3 aromatic heterocycles. The standard InChI is InChI=1S/C20H19ClN4O/c1-4-19-24-16-5-6-25(11-17(16)26-19)18-8-14(15(21)10-22-18)20-13(3)7-12(2)9-23-20/h4,7-10H,1,5-6,11H2,2-3H3. The summed E-state index contributed by atoms with van der Waals surface area (Å²) in [6.45, 7) is 9.25. The molecule has 0 radical (unpaired) electrons. The van der Waals surface area contributed by atoms with E-state index in [1.54, 1.807) is 12.3 Å². The molecule has 0 aromatic carbocycles. The molecule has 0 saturated heterocycles. The van der Waals surface area contributed by atoms with Gasteiger partial charge < -0.3 is 9.32 Å². The van der Waals surface area contributed by atoms with E-state index in [9.17, 15) is 0 Å². The van der Waals surface area contributed by atoms with Gasteiger partial charge in [-0.25, -0.2) is 9.97 Å². The van der Waals surface area contributed by atoms with Crippen molar-refractivity contribution in [3.8, 4) is 11.3 Å². The summed E-state index contributed by atoms with van der Waals surface area (Å²) in [6.07, 6.45) is 6.00. The van der Waals surface area contributed by atoms with E-state index < -0.39 is 0 Å². The molecule has 3 aromatic rings. The van der Waals surface area contributed by atoms with Crippen molar-refractivity contribution in [1.29, 1.82) is 0 Å². The Kier molecular flexibility index (Phi) is 4.24. The van der Waals surface area contributed by atoms with E-state index in [1.165, 1.54) is 0 Å². The summed E-state index contributed by atoms with van der Waals surface area (Å²) in [7, 11) is 0. The van der Waals surface area contributed by atoms with Gasteiger partial charge in [-0.15, -0.1) is 0 Å². The molecule has 6 heteroatoms. The Morgan fingerprint density at radius 1 is 1.23 bits per heavy atom. The molecule has 0 bridgehead atoms. The SMILES string of the molecule is C=Cc1nc2c(o1)CN(c1cc(-c3ncc(C)cc3C)c(Cl)cn1)CC2. The van der Waals surface area contributed by atoms with Crippen molar-refractivity contribution in [3.05, 3.63) is 64.6 Å². The monoisotopic (exact) mass is 366 g/mol. The van der Waals surface area contributed by atoms with Crippen LogP contribution in [0.3, 0.4) is 0 Å². The van der Waals surface area contributed by atoms with E-state index in [0.717, 1.165) is 52.6 Å². The van der Waals surface area contributed by atoms with Gasteiger partial charge in [-0.05, 0) is 37.1 Å². The van der Waals surface area contributed by atoms with Gasteiger partial charge in [0.2, 0.25) is 5.89 Å². The highest BCUT2D eigenvalue weighted by molar-refractivity contribution is 6.33. The second-order valence-electron chi connectivity index (χ2n) is 6.50. The van der Waals surface area contributed by atoms with Crippen molar-refractivity contribution in [2.45, 2.75) is 26.8 Å². The molecule has 4 rings (SSSR count). The number of aryl methyl sites for hydroxylation is 2. The number of pyridine rings is 2. The Morgan fingerprint density at radius 2 is 2.08 bits per heavy atom. The molecule has 0 spiro atoms. The maximum absolute atomic E-state index is 6.42. The van der Waals surface area contributed by atoms with E-state index in [-0.39, 0.29) is 0 Å². The number of hydrogen-bond donors (Lipinski definition) is 0. The lowest BCUT2D eigenvalue weighted by molar-refractivity contribution is 0.476. The molecule has 132 valence electrons. The Morgan fingerprint density at radius 3 is 2.85 bits per heavy atom. The van der Waals surface area contributed by atoms with E-state index in [4.69, 9.17) is 16.0 Å². The molecule has 26 heavy (non-hydrogen) atoms. The van der Waals surface area contributed by atoms with Gasteiger partial charge in [-0.2, -0.15) is 0 Å². The first-order valence-corrected chi connectivity index (χ1v) is 8.88.